The second-order valence-corrected chi connectivity index (χ2v) is 8.01. The molecule has 0 saturated carbocycles. The third-order valence-electron chi connectivity index (χ3n) is 5.12. The normalized spacial score (nSPS) is 15.8. The number of ether oxygens (including phenoxy) is 2. The van der Waals surface area contributed by atoms with Crippen LogP contribution in [-0.4, -0.2) is 37.5 Å². The van der Waals surface area contributed by atoms with E-state index in [2.05, 4.69) is 5.32 Å². The van der Waals surface area contributed by atoms with Gasteiger partial charge in [0.05, 0.1) is 20.3 Å². The van der Waals surface area contributed by atoms with E-state index in [0.717, 1.165) is 16.0 Å². The molecule has 7 heteroatoms. The van der Waals surface area contributed by atoms with Gasteiger partial charge in [0.25, 0.3) is 5.91 Å². The van der Waals surface area contributed by atoms with Crippen molar-refractivity contribution in [3.63, 3.8) is 0 Å². The van der Waals surface area contributed by atoms with Crippen molar-refractivity contribution < 1.29 is 19.1 Å². The SMILES string of the molecule is COc1cccc(OC)c1C(=O)N1CC(=O)Nc2ccc(C)cc2C1c1cccs1. The lowest BCUT2D eigenvalue weighted by molar-refractivity contribution is -0.117. The van der Waals surface area contributed by atoms with E-state index in [4.69, 9.17) is 9.47 Å². The molecule has 1 unspecified atom stereocenters. The number of hydrogen-bond donors (Lipinski definition) is 1. The van der Waals surface area contributed by atoms with Crippen LogP contribution in [0.15, 0.2) is 53.9 Å². The Morgan fingerprint density at radius 2 is 1.83 bits per heavy atom. The quantitative estimate of drug-likeness (QED) is 0.682. The molecule has 0 saturated heterocycles. The first-order chi connectivity index (χ1) is 14.5. The van der Waals surface area contributed by atoms with Crippen LogP contribution in [-0.2, 0) is 4.79 Å². The highest BCUT2D eigenvalue weighted by Crippen LogP contribution is 2.40. The van der Waals surface area contributed by atoms with E-state index in [1.807, 2.05) is 42.6 Å². The van der Waals surface area contributed by atoms with Crippen molar-refractivity contribution in [3.8, 4) is 11.5 Å². The van der Waals surface area contributed by atoms with E-state index in [1.165, 1.54) is 14.2 Å². The Morgan fingerprint density at radius 3 is 2.47 bits per heavy atom. The van der Waals surface area contributed by atoms with Crippen LogP contribution in [0.25, 0.3) is 0 Å². The Morgan fingerprint density at radius 1 is 1.10 bits per heavy atom. The second kappa shape index (κ2) is 8.20. The number of amides is 2. The number of fused-ring (bicyclic) bond motifs is 1. The van der Waals surface area contributed by atoms with Crippen molar-refractivity contribution in [2.45, 2.75) is 13.0 Å². The zero-order valence-corrected chi connectivity index (χ0v) is 17.8. The van der Waals surface area contributed by atoms with E-state index >= 15 is 0 Å². The maximum Gasteiger partial charge on any atom is 0.262 e. The summed E-state index contributed by atoms with van der Waals surface area (Å²) in [4.78, 5) is 29.1. The van der Waals surface area contributed by atoms with Gasteiger partial charge in [0, 0.05) is 16.1 Å². The average molecular weight is 423 g/mol. The maximum atomic E-state index is 13.8. The number of hydrogen-bond acceptors (Lipinski definition) is 5. The first-order valence-electron chi connectivity index (χ1n) is 9.49. The molecule has 0 fully saturated rings. The fourth-order valence-corrected chi connectivity index (χ4v) is 4.63. The molecular formula is C23H22N2O4S. The largest absolute Gasteiger partial charge is 0.496 e. The van der Waals surface area contributed by atoms with Crippen molar-refractivity contribution in [3.05, 3.63) is 75.5 Å². The molecule has 30 heavy (non-hydrogen) atoms. The number of thiophene rings is 1. The number of nitrogens with one attached hydrogen (secondary N) is 1. The van der Waals surface area contributed by atoms with E-state index in [9.17, 15) is 9.59 Å². The number of benzene rings is 2. The van der Waals surface area contributed by atoms with Gasteiger partial charge in [0.1, 0.15) is 23.6 Å². The first-order valence-corrected chi connectivity index (χ1v) is 10.4. The van der Waals surface area contributed by atoms with Gasteiger partial charge in [0.2, 0.25) is 5.91 Å². The number of anilines is 1. The molecule has 1 aliphatic rings. The summed E-state index contributed by atoms with van der Waals surface area (Å²) in [5, 5.41) is 4.91. The van der Waals surface area contributed by atoms with Gasteiger partial charge in [-0.15, -0.1) is 11.3 Å². The van der Waals surface area contributed by atoms with Crippen LogP contribution < -0.4 is 14.8 Å². The highest BCUT2D eigenvalue weighted by atomic mass is 32.1. The maximum absolute atomic E-state index is 13.8. The smallest absolute Gasteiger partial charge is 0.262 e. The second-order valence-electron chi connectivity index (χ2n) is 7.03. The first kappa shape index (κ1) is 20.0. The van der Waals surface area contributed by atoms with Gasteiger partial charge in [-0.05, 0) is 36.6 Å². The fourth-order valence-electron chi connectivity index (χ4n) is 3.77. The summed E-state index contributed by atoms with van der Waals surface area (Å²) in [7, 11) is 3.02. The summed E-state index contributed by atoms with van der Waals surface area (Å²) in [6.45, 7) is 1.91. The van der Waals surface area contributed by atoms with Crippen molar-refractivity contribution in [1.29, 1.82) is 0 Å². The van der Waals surface area contributed by atoms with Gasteiger partial charge in [-0.1, -0.05) is 29.8 Å². The summed E-state index contributed by atoms with van der Waals surface area (Å²) < 4.78 is 10.9. The molecule has 2 aromatic carbocycles. The van der Waals surface area contributed by atoms with Crippen LogP contribution >= 0.6 is 11.3 Å². The molecule has 1 N–H and O–H groups in total. The molecule has 3 aromatic rings. The van der Waals surface area contributed by atoms with Crippen LogP contribution in [0.3, 0.4) is 0 Å². The van der Waals surface area contributed by atoms with Gasteiger partial charge >= 0.3 is 0 Å². The van der Waals surface area contributed by atoms with Crippen LogP contribution in [0.5, 0.6) is 11.5 Å². The Bertz CT molecular complexity index is 1070. The zero-order chi connectivity index (χ0) is 21.3. The van der Waals surface area contributed by atoms with Crippen LogP contribution in [0.4, 0.5) is 5.69 Å². The molecule has 2 amide bonds. The van der Waals surface area contributed by atoms with Crippen LogP contribution in [0.2, 0.25) is 0 Å². The van der Waals surface area contributed by atoms with Crippen molar-refractivity contribution in [2.24, 2.45) is 0 Å². The van der Waals surface area contributed by atoms with Crippen molar-refractivity contribution >= 4 is 28.8 Å². The van der Waals surface area contributed by atoms with Gasteiger partial charge < -0.3 is 19.7 Å². The summed E-state index contributed by atoms with van der Waals surface area (Å²) in [6, 6.07) is 14.6. The van der Waals surface area contributed by atoms with Gasteiger partial charge in [-0.3, -0.25) is 9.59 Å². The predicted molar refractivity (Wildman–Crippen MR) is 117 cm³/mol. The standard InChI is InChI=1S/C23H22N2O4S/c1-14-9-10-16-15(12-14)22(19-8-5-11-30-19)25(13-20(26)24-16)23(27)21-17(28-2)6-4-7-18(21)29-3/h4-12,22H,13H2,1-3H3,(H,24,26). The van der Waals surface area contributed by atoms with E-state index in [0.29, 0.717) is 22.7 Å². The molecule has 0 bridgehead atoms. The minimum atomic E-state index is -0.416. The topological polar surface area (TPSA) is 67.9 Å². The number of aryl methyl sites for hydroxylation is 1. The lowest BCUT2D eigenvalue weighted by Crippen LogP contribution is -2.39. The number of carbonyl (C=O) groups excluding carboxylic acids is 2. The average Bonchev–Trinajstić information content (AvgIpc) is 3.23. The minimum Gasteiger partial charge on any atom is -0.496 e. The Kier molecular flexibility index (Phi) is 5.46. The third-order valence-corrected chi connectivity index (χ3v) is 6.04. The lowest BCUT2D eigenvalue weighted by Gasteiger charge is -2.30. The molecule has 1 aliphatic heterocycles. The van der Waals surface area contributed by atoms with Gasteiger partial charge in [-0.25, -0.2) is 0 Å². The Hall–Kier alpha value is -3.32. The molecule has 154 valence electrons. The molecule has 1 aromatic heterocycles. The highest BCUT2D eigenvalue weighted by Gasteiger charge is 2.36. The molecule has 0 aliphatic carbocycles. The highest BCUT2D eigenvalue weighted by molar-refractivity contribution is 7.10. The number of nitrogens with zero attached hydrogens (tertiary/aromatic N) is 1. The third kappa shape index (κ3) is 3.52. The Labute approximate surface area is 179 Å². The molecular weight excluding hydrogens is 400 g/mol. The molecule has 2 heterocycles. The summed E-state index contributed by atoms with van der Waals surface area (Å²) in [6.07, 6.45) is 0. The lowest BCUT2D eigenvalue weighted by atomic mass is 9.98. The molecule has 4 rings (SSSR count). The summed E-state index contributed by atoms with van der Waals surface area (Å²) in [5.41, 5.74) is 2.94. The van der Waals surface area contributed by atoms with Crippen molar-refractivity contribution in [2.75, 3.05) is 26.1 Å². The summed E-state index contributed by atoms with van der Waals surface area (Å²) in [5.74, 6) is 0.227. The minimum absolute atomic E-state index is 0.0870. The zero-order valence-electron chi connectivity index (χ0n) is 17.0. The predicted octanol–water partition coefficient (Wildman–Crippen LogP) is 4.26. The van der Waals surface area contributed by atoms with Crippen LogP contribution in [0, 0.1) is 6.92 Å². The van der Waals surface area contributed by atoms with E-state index < -0.39 is 6.04 Å². The van der Waals surface area contributed by atoms with E-state index in [1.54, 1.807) is 34.4 Å². The molecule has 1 atom stereocenters. The van der Waals surface area contributed by atoms with Gasteiger partial charge in [-0.2, -0.15) is 0 Å². The molecule has 0 spiro atoms. The van der Waals surface area contributed by atoms with E-state index in [-0.39, 0.29) is 18.4 Å². The van der Waals surface area contributed by atoms with Crippen LogP contribution in [0.1, 0.15) is 32.4 Å². The number of rotatable bonds is 4. The molecule has 6 nitrogen and oxygen atoms in total. The van der Waals surface area contributed by atoms with Crippen molar-refractivity contribution in [1.82, 2.24) is 4.90 Å². The number of carbonyl (C=O) groups is 2. The monoisotopic (exact) mass is 422 g/mol. The fraction of sp³-hybridized carbons (Fsp3) is 0.217. The summed E-state index contributed by atoms with van der Waals surface area (Å²) >= 11 is 1.55. The van der Waals surface area contributed by atoms with Gasteiger partial charge in [0.15, 0.2) is 0 Å². The molecule has 0 radical (unpaired) electrons. The Balaban J connectivity index is 1.91. The number of methoxy groups -OCH3 is 2.